The molecule has 0 aromatic carbocycles. The molecule has 3 aliphatic rings. The Morgan fingerprint density at radius 3 is 2.74 bits per heavy atom. The smallest absolute Gasteiger partial charge is 0.258 e. The van der Waals surface area contributed by atoms with E-state index in [0.29, 0.717) is 23.8 Å². The zero-order chi connectivity index (χ0) is 18.4. The van der Waals surface area contributed by atoms with E-state index >= 15 is 0 Å². The van der Waals surface area contributed by atoms with E-state index in [1.54, 1.807) is 11.3 Å². The summed E-state index contributed by atoms with van der Waals surface area (Å²) in [5.74, 6) is 1.09. The SMILES string of the molecule is O=C1CCCC2=C1[C@H](c1cccs1)c1c(nc(N3CCCCC3)[nH]c1=O)N2. The van der Waals surface area contributed by atoms with Crippen LogP contribution < -0.4 is 15.8 Å². The van der Waals surface area contributed by atoms with Crippen LogP contribution >= 0.6 is 11.3 Å². The maximum absolute atomic E-state index is 13.1. The Bertz CT molecular complexity index is 970. The fourth-order valence-electron chi connectivity index (χ4n) is 4.44. The van der Waals surface area contributed by atoms with Gasteiger partial charge in [-0.05, 0) is 43.6 Å². The van der Waals surface area contributed by atoms with E-state index in [0.717, 1.165) is 54.9 Å². The number of nitrogens with zero attached hydrogens (tertiary/aromatic N) is 2. The van der Waals surface area contributed by atoms with E-state index in [2.05, 4.69) is 15.2 Å². The van der Waals surface area contributed by atoms with Crippen LogP contribution in [0.4, 0.5) is 11.8 Å². The predicted octanol–water partition coefficient (Wildman–Crippen LogP) is 3.39. The number of Topliss-reactive ketones (excluding diaryl/α,β-unsaturated/α-hetero) is 1. The van der Waals surface area contributed by atoms with Crippen LogP contribution in [0.25, 0.3) is 0 Å². The van der Waals surface area contributed by atoms with Crippen molar-refractivity contribution in [1.82, 2.24) is 9.97 Å². The molecule has 7 heteroatoms. The molecule has 1 fully saturated rings. The standard InChI is InChI=1S/C20H22N4O2S/c25-13-7-4-6-12-15(13)16(14-8-5-11-27-14)17-18(21-12)22-20(23-19(17)26)24-9-2-1-3-10-24/h5,8,11,16H,1-4,6-7,9-10H2,(H2,21,22,23,26)/t16-/m0/s1. The number of hydrogen-bond donors (Lipinski definition) is 2. The average molecular weight is 382 g/mol. The molecule has 0 unspecified atom stereocenters. The number of fused-ring (bicyclic) bond motifs is 1. The molecule has 6 nitrogen and oxygen atoms in total. The molecule has 0 amide bonds. The molecule has 0 radical (unpaired) electrons. The van der Waals surface area contributed by atoms with Gasteiger partial charge in [-0.25, -0.2) is 0 Å². The van der Waals surface area contributed by atoms with Gasteiger partial charge in [-0.3, -0.25) is 14.6 Å². The first-order valence-corrected chi connectivity index (χ1v) is 10.6. The fourth-order valence-corrected chi connectivity index (χ4v) is 5.29. The minimum absolute atomic E-state index is 0.142. The number of ketones is 1. The molecule has 1 atom stereocenters. The molecule has 2 aromatic heterocycles. The normalized spacial score (nSPS) is 22.3. The number of carbonyl (C=O) groups excluding carboxylic acids is 1. The van der Waals surface area contributed by atoms with Crippen LogP contribution in [-0.4, -0.2) is 28.8 Å². The lowest BCUT2D eigenvalue weighted by atomic mass is 9.79. The number of carbonyl (C=O) groups is 1. The summed E-state index contributed by atoms with van der Waals surface area (Å²) in [5.41, 5.74) is 2.14. The number of piperidine rings is 1. The number of H-pyrrole nitrogens is 1. The molecule has 4 heterocycles. The zero-order valence-electron chi connectivity index (χ0n) is 15.1. The number of rotatable bonds is 2. The van der Waals surface area contributed by atoms with Gasteiger partial charge in [-0.2, -0.15) is 4.98 Å². The van der Waals surface area contributed by atoms with Crippen LogP contribution in [0.2, 0.25) is 0 Å². The van der Waals surface area contributed by atoms with Gasteiger partial charge in [-0.15, -0.1) is 11.3 Å². The van der Waals surface area contributed by atoms with E-state index in [1.807, 2.05) is 17.5 Å². The first kappa shape index (κ1) is 16.7. The third kappa shape index (κ3) is 2.81. The maximum Gasteiger partial charge on any atom is 0.258 e. The molecule has 2 aromatic rings. The van der Waals surface area contributed by atoms with E-state index < -0.39 is 0 Å². The molecule has 0 bridgehead atoms. The van der Waals surface area contributed by atoms with Gasteiger partial charge in [0.2, 0.25) is 5.95 Å². The molecule has 140 valence electrons. The van der Waals surface area contributed by atoms with Crippen LogP contribution in [0.3, 0.4) is 0 Å². The van der Waals surface area contributed by atoms with Crippen molar-refractivity contribution in [2.45, 2.75) is 44.4 Å². The highest BCUT2D eigenvalue weighted by Crippen LogP contribution is 2.44. The summed E-state index contributed by atoms with van der Waals surface area (Å²) in [6.45, 7) is 1.84. The van der Waals surface area contributed by atoms with Crippen molar-refractivity contribution in [3.8, 4) is 0 Å². The fraction of sp³-hybridized carbons (Fsp3) is 0.450. The average Bonchev–Trinajstić information content (AvgIpc) is 3.21. The molecule has 1 saturated heterocycles. The van der Waals surface area contributed by atoms with Gasteiger partial charge in [0.15, 0.2) is 5.78 Å². The summed E-state index contributed by atoms with van der Waals surface area (Å²) in [7, 11) is 0. The summed E-state index contributed by atoms with van der Waals surface area (Å²) < 4.78 is 0. The molecular weight excluding hydrogens is 360 g/mol. The van der Waals surface area contributed by atoms with Gasteiger partial charge < -0.3 is 10.2 Å². The Kier molecular flexibility index (Phi) is 4.11. The number of thiophene rings is 1. The largest absolute Gasteiger partial charge is 0.343 e. The van der Waals surface area contributed by atoms with Gasteiger partial charge in [0.1, 0.15) is 5.82 Å². The summed E-state index contributed by atoms with van der Waals surface area (Å²) in [4.78, 5) is 36.8. The Balaban J connectivity index is 1.66. The second kappa shape index (κ2) is 6.64. The topological polar surface area (TPSA) is 78.1 Å². The van der Waals surface area contributed by atoms with Crippen molar-refractivity contribution in [1.29, 1.82) is 0 Å². The van der Waals surface area contributed by atoms with Gasteiger partial charge in [-0.1, -0.05) is 6.07 Å². The number of allylic oxidation sites excluding steroid dienone is 2. The van der Waals surface area contributed by atoms with Crippen molar-refractivity contribution >= 4 is 28.9 Å². The minimum atomic E-state index is -0.310. The molecule has 2 N–H and O–H groups in total. The van der Waals surface area contributed by atoms with Crippen molar-refractivity contribution in [3.63, 3.8) is 0 Å². The van der Waals surface area contributed by atoms with E-state index in [-0.39, 0.29) is 17.3 Å². The zero-order valence-corrected chi connectivity index (χ0v) is 15.9. The molecule has 0 saturated carbocycles. The predicted molar refractivity (Wildman–Crippen MR) is 107 cm³/mol. The lowest BCUT2D eigenvalue weighted by Gasteiger charge is -2.33. The Hall–Kier alpha value is -2.41. The van der Waals surface area contributed by atoms with E-state index in [1.165, 1.54) is 6.42 Å². The summed E-state index contributed by atoms with van der Waals surface area (Å²) >= 11 is 1.59. The molecule has 1 aliphatic carbocycles. The second-order valence-corrected chi connectivity index (χ2v) is 8.42. The molecule has 2 aliphatic heterocycles. The third-order valence-corrected chi connectivity index (χ3v) is 6.67. The van der Waals surface area contributed by atoms with Gasteiger partial charge in [0, 0.05) is 35.7 Å². The Labute approximate surface area is 161 Å². The van der Waals surface area contributed by atoms with Crippen molar-refractivity contribution in [2.75, 3.05) is 23.3 Å². The number of hydrogen-bond acceptors (Lipinski definition) is 6. The quantitative estimate of drug-likeness (QED) is 0.832. The first-order valence-electron chi connectivity index (χ1n) is 9.68. The second-order valence-electron chi connectivity index (χ2n) is 7.44. The van der Waals surface area contributed by atoms with Crippen LogP contribution in [0.15, 0.2) is 33.6 Å². The number of aromatic nitrogens is 2. The number of nitrogens with one attached hydrogen (secondary N) is 2. The Morgan fingerprint density at radius 2 is 1.96 bits per heavy atom. The van der Waals surface area contributed by atoms with Gasteiger partial charge in [0.25, 0.3) is 5.56 Å². The van der Waals surface area contributed by atoms with Gasteiger partial charge >= 0.3 is 0 Å². The van der Waals surface area contributed by atoms with Crippen LogP contribution in [-0.2, 0) is 4.79 Å². The maximum atomic E-state index is 13.1. The monoisotopic (exact) mass is 382 g/mol. The third-order valence-electron chi connectivity index (χ3n) is 5.73. The van der Waals surface area contributed by atoms with Crippen molar-refractivity contribution < 1.29 is 4.79 Å². The molecular formula is C20H22N4O2S. The summed E-state index contributed by atoms with van der Waals surface area (Å²) in [6.07, 6.45) is 5.69. The van der Waals surface area contributed by atoms with Crippen molar-refractivity contribution in [2.24, 2.45) is 0 Å². The number of anilines is 2. The lowest BCUT2D eigenvalue weighted by molar-refractivity contribution is -0.116. The first-order chi connectivity index (χ1) is 13.2. The Morgan fingerprint density at radius 1 is 1.11 bits per heavy atom. The van der Waals surface area contributed by atoms with E-state index in [9.17, 15) is 9.59 Å². The van der Waals surface area contributed by atoms with E-state index in [4.69, 9.17) is 4.98 Å². The lowest BCUT2D eigenvalue weighted by Crippen LogP contribution is -2.36. The van der Waals surface area contributed by atoms with Gasteiger partial charge in [0.05, 0.1) is 11.5 Å². The number of aromatic amines is 1. The van der Waals surface area contributed by atoms with Crippen LogP contribution in [0.5, 0.6) is 0 Å². The molecule has 0 spiro atoms. The molecule has 5 rings (SSSR count). The summed E-state index contributed by atoms with van der Waals surface area (Å²) in [5, 5.41) is 5.34. The minimum Gasteiger partial charge on any atom is -0.343 e. The highest BCUT2D eigenvalue weighted by Gasteiger charge is 2.38. The highest BCUT2D eigenvalue weighted by atomic mass is 32.1. The summed E-state index contributed by atoms with van der Waals surface area (Å²) in [6, 6.07) is 3.98. The van der Waals surface area contributed by atoms with Crippen molar-refractivity contribution in [3.05, 3.63) is 49.6 Å². The molecule has 27 heavy (non-hydrogen) atoms. The van der Waals surface area contributed by atoms with Crippen LogP contribution in [0, 0.1) is 0 Å². The highest BCUT2D eigenvalue weighted by molar-refractivity contribution is 7.10. The van der Waals surface area contributed by atoms with Crippen LogP contribution in [0.1, 0.15) is 54.9 Å².